The van der Waals surface area contributed by atoms with E-state index in [-0.39, 0.29) is 11.3 Å². The van der Waals surface area contributed by atoms with E-state index in [0.717, 1.165) is 29.1 Å². The molecule has 2 aromatic rings. The maximum absolute atomic E-state index is 12.4. The molecule has 114 valence electrons. The highest BCUT2D eigenvalue weighted by molar-refractivity contribution is 9.09. The second-order valence-corrected chi connectivity index (χ2v) is 6.92. The van der Waals surface area contributed by atoms with Gasteiger partial charge in [-0.2, -0.15) is 5.10 Å². The van der Waals surface area contributed by atoms with Crippen molar-refractivity contribution >= 4 is 32.7 Å². The van der Waals surface area contributed by atoms with Gasteiger partial charge < -0.3 is 5.32 Å². The van der Waals surface area contributed by atoms with Crippen LogP contribution in [-0.2, 0) is 7.05 Å². The van der Waals surface area contributed by atoms with Gasteiger partial charge in [0.25, 0.3) is 5.91 Å². The molecule has 0 saturated heterocycles. The van der Waals surface area contributed by atoms with Crippen molar-refractivity contribution in [3.05, 3.63) is 30.0 Å². The molecule has 1 aromatic heterocycles. The summed E-state index contributed by atoms with van der Waals surface area (Å²) in [5.74, 6) is -0.0984. The fourth-order valence-electron chi connectivity index (χ4n) is 2.42. The molecule has 0 atom stereocenters. The van der Waals surface area contributed by atoms with Gasteiger partial charge in [-0.1, -0.05) is 48.0 Å². The van der Waals surface area contributed by atoms with E-state index in [1.165, 1.54) is 0 Å². The van der Waals surface area contributed by atoms with Gasteiger partial charge >= 0.3 is 0 Å². The third-order valence-electron chi connectivity index (χ3n) is 3.69. The summed E-state index contributed by atoms with van der Waals surface area (Å²) in [7, 11) is 1.86. The van der Waals surface area contributed by atoms with Gasteiger partial charge in [0, 0.05) is 24.3 Å². The third-order valence-corrected chi connectivity index (χ3v) is 4.25. The van der Waals surface area contributed by atoms with Crippen molar-refractivity contribution in [2.24, 2.45) is 12.5 Å². The monoisotopic (exact) mass is 351 g/mol. The van der Waals surface area contributed by atoms with E-state index in [0.29, 0.717) is 12.2 Å². The molecule has 0 radical (unpaired) electrons. The molecule has 0 saturated carbocycles. The first-order valence-corrected chi connectivity index (χ1v) is 8.33. The Bertz CT molecular complexity index is 633. The van der Waals surface area contributed by atoms with Gasteiger partial charge in [0.05, 0.1) is 5.52 Å². The molecule has 0 aliphatic heterocycles. The number of nitrogens with zero attached hydrogens (tertiary/aromatic N) is 2. The highest BCUT2D eigenvalue weighted by Gasteiger charge is 2.21. The molecule has 1 amide bonds. The van der Waals surface area contributed by atoms with E-state index in [1.54, 1.807) is 4.68 Å². The lowest BCUT2D eigenvalue weighted by Gasteiger charge is -2.24. The number of aryl methyl sites for hydroxylation is 1. The van der Waals surface area contributed by atoms with Crippen LogP contribution in [-0.4, -0.2) is 27.6 Å². The minimum absolute atomic E-state index is 0.0913. The fraction of sp³-hybridized carbons (Fsp3) is 0.500. The summed E-state index contributed by atoms with van der Waals surface area (Å²) in [4.78, 5) is 12.4. The van der Waals surface area contributed by atoms with Crippen molar-refractivity contribution in [2.75, 3.05) is 11.9 Å². The summed E-state index contributed by atoms with van der Waals surface area (Å²) < 4.78 is 1.75. The molecule has 0 aliphatic carbocycles. The highest BCUT2D eigenvalue weighted by atomic mass is 79.9. The van der Waals surface area contributed by atoms with E-state index in [4.69, 9.17) is 0 Å². The Hall–Kier alpha value is -1.36. The average Bonchev–Trinajstić information content (AvgIpc) is 2.81. The molecule has 2 rings (SSSR count). The molecule has 0 unspecified atom stereocenters. The molecule has 0 bridgehead atoms. The van der Waals surface area contributed by atoms with Crippen LogP contribution in [0.5, 0.6) is 0 Å². The smallest absolute Gasteiger partial charge is 0.272 e. The SMILES string of the molecule is Cn1nc(C(=O)NCC(C)(C)CCCBr)c2ccccc21. The quantitative estimate of drug-likeness (QED) is 0.809. The van der Waals surface area contributed by atoms with Crippen LogP contribution in [0.25, 0.3) is 10.9 Å². The van der Waals surface area contributed by atoms with E-state index >= 15 is 0 Å². The molecule has 0 aliphatic rings. The Morgan fingerprint density at radius 3 is 2.81 bits per heavy atom. The normalized spacial score (nSPS) is 11.8. The molecule has 1 aromatic carbocycles. The maximum atomic E-state index is 12.4. The van der Waals surface area contributed by atoms with Gasteiger partial charge in [0.1, 0.15) is 0 Å². The molecule has 4 nitrogen and oxygen atoms in total. The van der Waals surface area contributed by atoms with E-state index in [9.17, 15) is 4.79 Å². The summed E-state index contributed by atoms with van der Waals surface area (Å²) >= 11 is 3.45. The number of para-hydroxylation sites is 1. The van der Waals surface area contributed by atoms with Crippen molar-refractivity contribution in [3.63, 3.8) is 0 Å². The van der Waals surface area contributed by atoms with Crippen LogP contribution in [0.1, 0.15) is 37.2 Å². The molecule has 0 spiro atoms. The first-order chi connectivity index (χ1) is 9.94. The Labute approximate surface area is 134 Å². The molecule has 5 heteroatoms. The summed E-state index contributed by atoms with van der Waals surface area (Å²) in [6.07, 6.45) is 2.18. The summed E-state index contributed by atoms with van der Waals surface area (Å²) in [5.41, 5.74) is 1.57. The summed E-state index contributed by atoms with van der Waals surface area (Å²) in [6.45, 7) is 5.00. The lowest BCUT2D eigenvalue weighted by molar-refractivity contribution is 0.0930. The summed E-state index contributed by atoms with van der Waals surface area (Å²) in [6, 6.07) is 7.79. The van der Waals surface area contributed by atoms with Gasteiger partial charge in [-0.3, -0.25) is 9.48 Å². The number of carbonyl (C=O) groups is 1. The Morgan fingerprint density at radius 1 is 1.38 bits per heavy atom. The molecule has 21 heavy (non-hydrogen) atoms. The lowest BCUT2D eigenvalue weighted by Crippen LogP contribution is -2.34. The molecule has 0 fully saturated rings. The first kappa shape index (κ1) is 16.0. The van der Waals surface area contributed by atoms with Crippen molar-refractivity contribution < 1.29 is 4.79 Å². The fourth-order valence-corrected chi connectivity index (χ4v) is 2.70. The van der Waals surface area contributed by atoms with Crippen LogP contribution in [0.2, 0.25) is 0 Å². The number of fused-ring (bicyclic) bond motifs is 1. The van der Waals surface area contributed by atoms with Crippen LogP contribution in [0, 0.1) is 5.41 Å². The van der Waals surface area contributed by atoms with Gasteiger partial charge in [0.15, 0.2) is 5.69 Å². The number of rotatable bonds is 6. The largest absolute Gasteiger partial charge is 0.350 e. The second kappa shape index (κ2) is 6.60. The second-order valence-electron chi connectivity index (χ2n) is 6.13. The predicted molar refractivity (Wildman–Crippen MR) is 89.9 cm³/mol. The van der Waals surface area contributed by atoms with Crippen LogP contribution >= 0.6 is 15.9 Å². The third kappa shape index (κ3) is 3.84. The zero-order valence-corrected chi connectivity index (χ0v) is 14.4. The highest BCUT2D eigenvalue weighted by Crippen LogP contribution is 2.22. The minimum atomic E-state index is -0.0984. The maximum Gasteiger partial charge on any atom is 0.272 e. The van der Waals surface area contributed by atoms with Gasteiger partial charge in [-0.25, -0.2) is 0 Å². The Morgan fingerprint density at radius 2 is 2.10 bits per heavy atom. The molecular weight excluding hydrogens is 330 g/mol. The van der Waals surface area contributed by atoms with E-state index < -0.39 is 0 Å². The van der Waals surface area contributed by atoms with Crippen LogP contribution in [0.3, 0.4) is 0 Å². The average molecular weight is 352 g/mol. The number of alkyl halides is 1. The van der Waals surface area contributed by atoms with Crippen molar-refractivity contribution in [2.45, 2.75) is 26.7 Å². The van der Waals surface area contributed by atoms with Crippen LogP contribution in [0.4, 0.5) is 0 Å². The zero-order chi connectivity index (χ0) is 15.5. The lowest BCUT2D eigenvalue weighted by atomic mass is 9.88. The van der Waals surface area contributed by atoms with Gasteiger partial charge in [-0.15, -0.1) is 0 Å². The van der Waals surface area contributed by atoms with E-state index in [1.807, 2.05) is 31.3 Å². The number of aromatic nitrogens is 2. The number of nitrogens with one attached hydrogen (secondary N) is 1. The van der Waals surface area contributed by atoms with Crippen molar-refractivity contribution in [1.29, 1.82) is 0 Å². The van der Waals surface area contributed by atoms with E-state index in [2.05, 4.69) is 40.2 Å². The number of halogens is 1. The molecule has 1 heterocycles. The molecule has 1 N–H and O–H groups in total. The topological polar surface area (TPSA) is 46.9 Å². The van der Waals surface area contributed by atoms with Crippen molar-refractivity contribution in [3.8, 4) is 0 Å². The number of amides is 1. The predicted octanol–water partition coefficient (Wildman–Crippen LogP) is 3.50. The number of benzene rings is 1. The van der Waals surface area contributed by atoms with Crippen LogP contribution in [0.15, 0.2) is 24.3 Å². The number of carbonyl (C=O) groups excluding carboxylic acids is 1. The van der Waals surface area contributed by atoms with Gasteiger partial charge in [0.2, 0.25) is 0 Å². The standard InChI is InChI=1S/C16H22BrN3O/c1-16(2,9-6-10-17)11-18-15(21)14-12-7-4-5-8-13(12)20(3)19-14/h4-5,7-8H,6,9-11H2,1-3H3,(H,18,21). The van der Waals surface area contributed by atoms with Gasteiger partial charge in [-0.05, 0) is 24.3 Å². The minimum Gasteiger partial charge on any atom is -0.350 e. The molecular formula is C16H22BrN3O. The zero-order valence-electron chi connectivity index (χ0n) is 12.8. The number of hydrogen-bond donors (Lipinski definition) is 1. The Balaban J connectivity index is 2.09. The van der Waals surface area contributed by atoms with Crippen molar-refractivity contribution in [1.82, 2.24) is 15.1 Å². The first-order valence-electron chi connectivity index (χ1n) is 7.20. The summed E-state index contributed by atoms with van der Waals surface area (Å²) in [5, 5.41) is 9.27. The van der Waals surface area contributed by atoms with Crippen LogP contribution < -0.4 is 5.32 Å². The number of hydrogen-bond acceptors (Lipinski definition) is 2. The Kier molecular flexibility index (Phi) is 5.04.